The Balaban J connectivity index is 2.44. The molecule has 6 heteroatoms. The second-order valence-electron chi connectivity index (χ2n) is 4.30. The van der Waals surface area contributed by atoms with Gasteiger partial charge in [-0.05, 0) is 46.5 Å². The molecule has 1 aromatic heterocycles. The Labute approximate surface area is 130 Å². The van der Waals surface area contributed by atoms with Gasteiger partial charge in [-0.25, -0.2) is 4.39 Å². The fourth-order valence-electron chi connectivity index (χ4n) is 1.99. The van der Waals surface area contributed by atoms with Crippen molar-refractivity contribution in [3.05, 3.63) is 45.3 Å². The summed E-state index contributed by atoms with van der Waals surface area (Å²) in [5, 5.41) is 17.4. The minimum absolute atomic E-state index is 0.105. The summed E-state index contributed by atoms with van der Waals surface area (Å²) in [5.74, 6) is -0.0686. The number of benzene rings is 1. The molecule has 0 saturated carbocycles. The normalized spacial score (nSPS) is 10.2. The second-order valence-corrected chi connectivity index (χ2v) is 5.16. The van der Waals surface area contributed by atoms with Crippen LogP contribution in [0.15, 0.2) is 22.7 Å². The highest BCUT2D eigenvalue weighted by atomic mass is 79.9. The van der Waals surface area contributed by atoms with Crippen molar-refractivity contribution in [2.75, 3.05) is 0 Å². The molecule has 0 spiro atoms. The molecular formula is C15H13BrFN3O. The van der Waals surface area contributed by atoms with E-state index in [4.69, 9.17) is 4.74 Å². The smallest absolute Gasteiger partial charge is 0.257 e. The molecule has 0 amide bonds. The largest absolute Gasteiger partial charge is 0.436 e. The van der Waals surface area contributed by atoms with Crippen LogP contribution in [0.5, 0.6) is 11.6 Å². The van der Waals surface area contributed by atoms with Gasteiger partial charge >= 0.3 is 0 Å². The molecule has 0 N–H and O–H groups in total. The molecule has 0 unspecified atom stereocenters. The van der Waals surface area contributed by atoms with Crippen LogP contribution in [-0.4, -0.2) is 10.2 Å². The van der Waals surface area contributed by atoms with Crippen molar-refractivity contribution in [1.29, 1.82) is 5.26 Å². The lowest BCUT2D eigenvalue weighted by Crippen LogP contribution is -2.05. The number of rotatable bonds is 4. The third-order valence-corrected chi connectivity index (χ3v) is 3.67. The van der Waals surface area contributed by atoms with E-state index in [-0.39, 0.29) is 11.6 Å². The van der Waals surface area contributed by atoms with E-state index < -0.39 is 5.82 Å². The minimum atomic E-state index is -0.445. The number of aryl methyl sites for hydroxylation is 1. The molecule has 0 aliphatic rings. The summed E-state index contributed by atoms with van der Waals surface area (Å²) >= 11 is 3.07. The van der Waals surface area contributed by atoms with Crippen LogP contribution in [0.1, 0.15) is 30.7 Å². The topological polar surface area (TPSA) is 58.8 Å². The molecule has 0 saturated heterocycles. The summed E-state index contributed by atoms with van der Waals surface area (Å²) in [4.78, 5) is 0. The van der Waals surface area contributed by atoms with Crippen molar-refractivity contribution in [2.45, 2.75) is 26.7 Å². The zero-order valence-electron chi connectivity index (χ0n) is 11.7. The predicted molar refractivity (Wildman–Crippen MR) is 79.7 cm³/mol. The van der Waals surface area contributed by atoms with E-state index in [9.17, 15) is 9.65 Å². The molecule has 0 aliphatic carbocycles. The molecule has 0 bridgehead atoms. The Bertz CT molecular complexity index is 713. The number of hydrogen-bond acceptors (Lipinski definition) is 4. The summed E-state index contributed by atoms with van der Waals surface area (Å²) in [7, 11) is 0. The first kappa shape index (κ1) is 15.4. The van der Waals surface area contributed by atoms with E-state index >= 15 is 0 Å². The van der Waals surface area contributed by atoms with Crippen molar-refractivity contribution >= 4 is 15.9 Å². The van der Waals surface area contributed by atoms with Gasteiger partial charge in [0, 0.05) is 6.07 Å². The van der Waals surface area contributed by atoms with Gasteiger partial charge in [-0.3, -0.25) is 0 Å². The van der Waals surface area contributed by atoms with Gasteiger partial charge in [0.1, 0.15) is 23.2 Å². The number of aromatic nitrogens is 2. The molecule has 1 heterocycles. The van der Waals surface area contributed by atoms with Crippen LogP contribution >= 0.6 is 15.9 Å². The molecule has 2 aromatic rings. The highest BCUT2D eigenvalue weighted by molar-refractivity contribution is 9.10. The van der Waals surface area contributed by atoms with Gasteiger partial charge in [-0.15, -0.1) is 5.10 Å². The number of ether oxygens (including phenoxy) is 1. The Kier molecular flexibility index (Phi) is 4.86. The molecule has 108 valence electrons. The predicted octanol–water partition coefficient (Wildman–Crippen LogP) is 4.17. The van der Waals surface area contributed by atoms with Crippen LogP contribution in [0, 0.1) is 17.1 Å². The molecule has 1 aromatic carbocycles. The first-order valence-electron chi connectivity index (χ1n) is 6.52. The van der Waals surface area contributed by atoms with Crippen LogP contribution < -0.4 is 4.74 Å². The zero-order valence-corrected chi connectivity index (χ0v) is 13.2. The number of nitrogens with zero attached hydrogens (tertiary/aromatic N) is 3. The minimum Gasteiger partial charge on any atom is -0.436 e. The first-order valence-corrected chi connectivity index (χ1v) is 7.31. The summed E-state index contributed by atoms with van der Waals surface area (Å²) in [6, 6.07) is 6.46. The summed E-state index contributed by atoms with van der Waals surface area (Å²) in [6.07, 6.45) is 1.35. The zero-order chi connectivity index (χ0) is 15.4. The second kappa shape index (κ2) is 6.64. The lowest BCUT2D eigenvalue weighted by molar-refractivity contribution is 0.446. The fourth-order valence-corrected chi connectivity index (χ4v) is 2.24. The monoisotopic (exact) mass is 349 g/mol. The molecule has 21 heavy (non-hydrogen) atoms. The maximum Gasteiger partial charge on any atom is 0.257 e. The van der Waals surface area contributed by atoms with Crippen molar-refractivity contribution < 1.29 is 9.13 Å². The maximum atomic E-state index is 13.5. The average Bonchev–Trinajstić information content (AvgIpc) is 2.50. The van der Waals surface area contributed by atoms with Gasteiger partial charge in [0.25, 0.3) is 5.88 Å². The Hall–Kier alpha value is -2.00. The summed E-state index contributed by atoms with van der Waals surface area (Å²) < 4.78 is 19.4. The molecule has 0 aliphatic heterocycles. The lowest BCUT2D eigenvalue weighted by atomic mass is 10.0. The highest BCUT2D eigenvalue weighted by Crippen LogP contribution is 2.28. The van der Waals surface area contributed by atoms with E-state index in [1.807, 2.05) is 13.8 Å². The number of nitriles is 1. The van der Waals surface area contributed by atoms with Crippen molar-refractivity contribution in [3.8, 4) is 17.7 Å². The van der Waals surface area contributed by atoms with Gasteiger partial charge in [0.05, 0.1) is 10.2 Å². The third kappa shape index (κ3) is 3.19. The van der Waals surface area contributed by atoms with Gasteiger partial charge < -0.3 is 4.74 Å². The van der Waals surface area contributed by atoms with Gasteiger partial charge in [-0.2, -0.15) is 10.4 Å². The van der Waals surface area contributed by atoms with Crippen LogP contribution in [0.3, 0.4) is 0 Å². The molecular weight excluding hydrogens is 337 g/mol. The molecule has 4 nitrogen and oxygen atoms in total. The fraction of sp³-hybridized carbons (Fsp3) is 0.267. The van der Waals surface area contributed by atoms with Crippen molar-refractivity contribution in [2.24, 2.45) is 0 Å². The average molecular weight is 350 g/mol. The number of hydrogen-bond donors (Lipinski definition) is 0. The molecule has 0 radical (unpaired) electrons. The van der Waals surface area contributed by atoms with E-state index in [1.165, 1.54) is 12.1 Å². The van der Waals surface area contributed by atoms with E-state index in [2.05, 4.69) is 32.2 Å². The Morgan fingerprint density at radius 3 is 2.62 bits per heavy atom. The quantitative estimate of drug-likeness (QED) is 0.831. The number of halogens is 2. The van der Waals surface area contributed by atoms with Crippen LogP contribution in [0.4, 0.5) is 4.39 Å². The van der Waals surface area contributed by atoms with Crippen LogP contribution in [0.2, 0.25) is 0 Å². The third-order valence-electron chi connectivity index (χ3n) is 3.03. The van der Waals surface area contributed by atoms with E-state index in [1.54, 1.807) is 6.07 Å². The van der Waals surface area contributed by atoms with E-state index in [0.717, 1.165) is 11.3 Å². The first-order chi connectivity index (χ1) is 10.1. The molecule has 2 rings (SSSR count). The Morgan fingerprint density at radius 1 is 1.29 bits per heavy atom. The highest BCUT2D eigenvalue weighted by Gasteiger charge is 2.16. The Morgan fingerprint density at radius 2 is 2.05 bits per heavy atom. The maximum absolute atomic E-state index is 13.5. The van der Waals surface area contributed by atoms with Crippen molar-refractivity contribution in [1.82, 2.24) is 10.2 Å². The van der Waals surface area contributed by atoms with E-state index in [0.29, 0.717) is 22.9 Å². The summed E-state index contributed by atoms with van der Waals surface area (Å²) in [6.45, 7) is 3.90. The van der Waals surface area contributed by atoms with Crippen LogP contribution in [-0.2, 0) is 12.8 Å². The van der Waals surface area contributed by atoms with Crippen LogP contribution in [0.25, 0.3) is 0 Å². The van der Waals surface area contributed by atoms with Gasteiger partial charge in [0.15, 0.2) is 0 Å². The van der Waals surface area contributed by atoms with Crippen molar-refractivity contribution in [3.63, 3.8) is 0 Å². The van der Waals surface area contributed by atoms with Gasteiger partial charge in [-0.1, -0.05) is 13.8 Å². The molecule has 0 atom stereocenters. The summed E-state index contributed by atoms with van der Waals surface area (Å²) in [5.41, 5.74) is 1.96. The SMILES string of the molecule is CCc1nnc(Oc2ccc(Br)c(F)c2)c(C#N)c1CC. The van der Waals surface area contributed by atoms with Gasteiger partial charge in [0.2, 0.25) is 0 Å². The lowest BCUT2D eigenvalue weighted by Gasteiger charge is -2.11. The molecule has 0 fully saturated rings. The standard InChI is InChI=1S/C15H13BrFN3O/c1-3-10-11(8-18)15(20-19-14(10)4-2)21-9-5-6-12(16)13(17)7-9/h5-7H,3-4H2,1-2H3.